The summed E-state index contributed by atoms with van der Waals surface area (Å²) in [7, 11) is -0.735. The Morgan fingerprint density at radius 2 is 1.69 bits per heavy atom. The fourth-order valence-corrected chi connectivity index (χ4v) is 3.22. The number of anilines is 1. The highest BCUT2D eigenvalue weighted by molar-refractivity contribution is 6.48. The van der Waals surface area contributed by atoms with Crippen LogP contribution in [0.3, 0.4) is 0 Å². The van der Waals surface area contributed by atoms with Gasteiger partial charge >= 0.3 is 13.1 Å². The van der Waals surface area contributed by atoms with Crippen LogP contribution in [0.15, 0.2) is 18.2 Å². The highest BCUT2D eigenvalue weighted by atomic mass is 16.7. The zero-order valence-electron chi connectivity index (χ0n) is 16.6. The average Bonchev–Trinajstić information content (AvgIpc) is 2.74. The van der Waals surface area contributed by atoms with E-state index in [1.807, 2.05) is 47.6 Å². The standard InChI is InChI=1S/C19H30BNO5/c1-7-21(8-2)13-9-10-14(16(22)11-13)15(12-17(23)24)20-25-18(3,4)19(5,6)26-20/h9-11,15,22H,7-8,12H2,1-6H3,(H,23,24). The molecule has 1 atom stereocenters. The van der Waals surface area contributed by atoms with Gasteiger partial charge in [0, 0.05) is 30.7 Å². The number of phenolic OH excluding ortho intramolecular Hbond substituents is 1. The molecule has 1 unspecified atom stereocenters. The minimum Gasteiger partial charge on any atom is -0.508 e. The number of hydrogen-bond donors (Lipinski definition) is 2. The van der Waals surface area contributed by atoms with Gasteiger partial charge < -0.3 is 24.4 Å². The fourth-order valence-electron chi connectivity index (χ4n) is 3.22. The molecule has 6 nitrogen and oxygen atoms in total. The molecule has 0 aromatic heterocycles. The van der Waals surface area contributed by atoms with Crippen LogP contribution in [-0.2, 0) is 14.1 Å². The van der Waals surface area contributed by atoms with Crippen molar-refractivity contribution in [1.82, 2.24) is 0 Å². The zero-order chi connectivity index (χ0) is 19.7. The summed E-state index contributed by atoms with van der Waals surface area (Å²) in [5, 5.41) is 20.0. The van der Waals surface area contributed by atoms with Crippen molar-refractivity contribution in [3.05, 3.63) is 23.8 Å². The summed E-state index contributed by atoms with van der Waals surface area (Å²) in [4.78, 5) is 13.6. The molecular formula is C19H30BNO5. The second kappa shape index (κ2) is 7.49. The van der Waals surface area contributed by atoms with Gasteiger partial charge in [0.05, 0.1) is 17.6 Å². The molecule has 1 fully saturated rings. The van der Waals surface area contributed by atoms with Crippen LogP contribution in [0.4, 0.5) is 5.69 Å². The Hall–Kier alpha value is -1.73. The Labute approximate surface area is 156 Å². The van der Waals surface area contributed by atoms with Gasteiger partial charge in [0.25, 0.3) is 0 Å². The van der Waals surface area contributed by atoms with Crippen molar-refractivity contribution in [2.24, 2.45) is 0 Å². The summed E-state index contributed by atoms with van der Waals surface area (Å²) in [5.41, 5.74) is 0.303. The second-order valence-electron chi connectivity index (χ2n) is 7.74. The first-order chi connectivity index (χ1) is 12.0. The molecule has 2 N–H and O–H groups in total. The maximum Gasteiger partial charge on any atom is 0.466 e. The van der Waals surface area contributed by atoms with Crippen LogP contribution in [0.1, 0.15) is 59.3 Å². The van der Waals surface area contributed by atoms with Crippen LogP contribution < -0.4 is 4.90 Å². The molecule has 26 heavy (non-hydrogen) atoms. The molecule has 1 heterocycles. The first-order valence-electron chi connectivity index (χ1n) is 9.17. The average molecular weight is 363 g/mol. The molecule has 1 aromatic rings. The Kier molecular flexibility index (Phi) is 5.93. The third kappa shape index (κ3) is 3.99. The van der Waals surface area contributed by atoms with Crippen molar-refractivity contribution >= 4 is 18.8 Å². The number of carbonyl (C=O) groups is 1. The second-order valence-corrected chi connectivity index (χ2v) is 7.74. The molecule has 0 bridgehead atoms. The lowest BCUT2D eigenvalue weighted by atomic mass is 9.66. The largest absolute Gasteiger partial charge is 0.508 e. The zero-order valence-corrected chi connectivity index (χ0v) is 16.6. The van der Waals surface area contributed by atoms with Crippen molar-refractivity contribution in [3.63, 3.8) is 0 Å². The van der Waals surface area contributed by atoms with Crippen LogP contribution in [0.25, 0.3) is 0 Å². The van der Waals surface area contributed by atoms with E-state index in [4.69, 9.17) is 9.31 Å². The Morgan fingerprint density at radius 3 is 2.12 bits per heavy atom. The monoisotopic (exact) mass is 363 g/mol. The van der Waals surface area contributed by atoms with Gasteiger partial charge in [-0.15, -0.1) is 0 Å². The summed E-state index contributed by atoms with van der Waals surface area (Å²) in [6.07, 6.45) is -0.186. The van der Waals surface area contributed by atoms with E-state index in [9.17, 15) is 15.0 Å². The Bertz CT molecular complexity index is 641. The Balaban J connectivity index is 2.38. The van der Waals surface area contributed by atoms with E-state index < -0.39 is 30.1 Å². The molecule has 0 radical (unpaired) electrons. The van der Waals surface area contributed by atoms with Gasteiger partial charge in [0.15, 0.2) is 0 Å². The minimum atomic E-state index is -0.961. The van der Waals surface area contributed by atoms with Crippen molar-refractivity contribution in [3.8, 4) is 5.75 Å². The highest BCUT2D eigenvalue weighted by Crippen LogP contribution is 2.43. The first-order valence-corrected chi connectivity index (χ1v) is 9.17. The Morgan fingerprint density at radius 1 is 1.15 bits per heavy atom. The number of benzene rings is 1. The molecule has 2 rings (SSSR count). The number of rotatable bonds is 7. The fraction of sp³-hybridized carbons (Fsp3) is 0.632. The van der Waals surface area contributed by atoms with Gasteiger partial charge in [-0.1, -0.05) is 6.07 Å². The van der Waals surface area contributed by atoms with Crippen molar-refractivity contribution in [1.29, 1.82) is 0 Å². The maximum atomic E-state index is 11.4. The van der Waals surface area contributed by atoms with Crippen molar-refractivity contribution in [2.75, 3.05) is 18.0 Å². The lowest BCUT2D eigenvalue weighted by Gasteiger charge is -2.32. The molecule has 1 aliphatic heterocycles. The van der Waals surface area contributed by atoms with E-state index in [-0.39, 0.29) is 12.2 Å². The molecule has 1 saturated heterocycles. The van der Waals surface area contributed by atoms with E-state index in [1.54, 1.807) is 12.1 Å². The van der Waals surface area contributed by atoms with Gasteiger partial charge in [-0.2, -0.15) is 0 Å². The molecule has 0 amide bonds. The van der Waals surface area contributed by atoms with Crippen LogP contribution >= 0.6 is 0 Å². The van der Waals surface area contributed by atoms with E-state index >= 15 is 0 Å². The minimum absolute atomic E-state index is 0.0652. The molecule has 0 aliphatic carbocycles. The number of hydrogen-bond acceptors (Lipinski definition) is 5. The van der Waals surface area contributed by atoms with E-state index in [0.29, 0.717) is 5.56 Å². The van der Waals surface area contributed by atoms with E-state index in [1.165, 1.54) is 0 Å². The first kappa shape index (κ1) is 20.6. The number of carboxylic acids is 1. The van der Waals surface area contributed by atoms with Gasteiger partial charge in [-0.05, 0) is 53.2 Å². The predicted octanol–water partition coefficient (Wildman–Crippen LogP) is 3.43. The topological polar surface area (TPSA) is 79.2 Å². The number of carboxylic acid groups (broad SMARTS) is 1. The van der Waals surface area contributed by atoms with Crippen LogP contribution in [0.5, 0.6) is 5.75 Å². The maximum absolute atomic E-state index is 11.4. The number of aromatic hydroxyl groups is 1. The third-order valence-corrected chi connectivity index (χ3v) is 5.54. The summed E-state index contributed by atoms with van der Waals surface area (Å²) < 4.78 is 12.1. The van der Waals surface area contributed by atoms with Crippen LogP contribution in [0.2, 0.25) is 0 Å². The summed E-state index contributed by atoms with van der Waals surface area (Å²) >= 11 is 0. The molecule has 144 valence electrons. The smallest absolute Gasteiger partial charge is 0.466 e. The van der Waals surface area contributed by atoms with Crippen molar-refractivity contribution < 1.29 is 24.3 Å². The third-order valence-electron chi connectivity index (χ3n) is 5.54. The molecule has 0 spiro atoms. The molecule has 1 aromatic carbocycles. The van der Waals surface area contributed by atoms with E-state index in [0.717, 1.165) is 18.8 Å². The van der Waals surface area contributed by atoms with Gasteiger partial charge in [-0.3, -0.25) is 4.79 Å². The normalized spacial score (nSPS) is 19.4. The molecular weight excluding hydrogens is 333 g/mol. The predicted molar refractivity (Wildman–Crippen MR) is 103 cm³/mol. The van der Waals surface area contributed by atoms with Gasteiger partial charge in [-0.25, -0.2) is 0 Å². The van der Waals surface area contributed by atoms with Crippen molar-refractivity contribution in [2.45, 2.75) is 65.0 Å². The summed E-state index contributed by atoms with van der Waals surface area (Å²) in [5.74, 6) is -1.49. The summed E-state index contributed by atoms with van der Waals surface area (Å²) in [6.45, 7) is 13.4. The number of phenols is 1. The lowest BCUT2D eigenvalue weighted by Crippen LogP contribution is -2.41. The van der Waals surface area contributed by atoms with E-state index in [2.05, 4.69) is 4.90 Å². The molecule has 0 saturated carbocycles. The summed E-state index contributed by atoms with van der Waals surface area (Å²) in [6, 6.07) is 5.37. The van der Waals surface area contributed by atoms with Gasteiger partial charge in [0.1, 0.15) is 5.75 Å². The molecule has 1 aliphatic rings. The SMILES string of the molecule is CCN(CC)c1ccc(C(CC(=O)O)B2OC(C)(C)C(C)(C)O2)c(O)c1. The highest BCUT2D eigenvalue weighted by Gasteiger charge is 2.54. The number of aliphatic carboxylic acids is 1. The quantitative estimate of drug-likeness (QED) is 0.723. The van der Waals surface area contributed by atoms with Gasteiger partial charge in [0.2, 0.25) is 0 Å². The lowest BCUT2D eigenvalue weighted by molar-refractivity contribution is -0.137. The van der Waals surface area contributed by atoms with Crippen LogP contribution in [-0.4, -0.2) is 47.6 Å². The van der Waals surface area contributed by atoms with Crippen LogP contribution in [0, 0.1) is 0 Å². The number of nitrogens with zero attached hydrogens (tertiary/aromatic N) is 1. The molecule has 7 heteroatoms.